The molecule has 1 atom stereocenters. The van der Waals surface area contributed by atoms with Crippen LogP contribution in [-0.2, 0) is 6.54 Å². The summed E-state index contributed by atoms with van der Waals surface area (Å²) in [5.74, 6) is 0.431. The Morgan fingerprint density at radius 3 is 2.69 bits per heavy atom. The summed E-state index contributed by atoms with van der Waals surface area (Å²) < 4.78 is 0. The van der Waals surface area contributed by atoms with Crippen LogP contribution in [0.2, 0.25) is 0 Å². The molecule has 1 rings (SSSR count). The summed E-state index contributed by atoms with van der Waals surface area (Å²) in [6.45, 7) is 6.59. The van der Waals surface area contributed by atoms with Gasteiger partial charge in [-0.2, -0.15) is 0 Å². The Hall–Kier alpha value is -1.58. The van der Waals surface area contributed by atoms with Crippen molar-refractivity contribution in [3.8, 4) is 0 Å². The largest absolute Gasteiger partial charge is 0.335 e. The van der Waals surface area contributed by atoms with Gasteiger partial charge in [0, 0.05) is 12.2 Å². The third-order valence-corrected chi connectivity index (χ3v) is 2.51. The molecule has 2 N–H and O–H groups in total. The second-order valence-electron chi connectivity index (χ2n) is 4.18. The van der Waals surface area contributed by atoms with Crippen LogP contribution in [-0.4, -0.2) is 17.1 Å². The number of pyridine rings is 1. The van der Waals surface area contributed by atoms with E-state index in [4.69, 9.17) is 0 Å². The number of rotatable bonds is 4. The summed E-state index contributed by atoms with van der Waals surface area (Å²) in [5.41, 5.74) is 0.856. The number of urea groups is 1. The summed E-state index contributed by atoms with van der Waals surface area (Å²) in [6.07, 6.45) is 1.71. The lowest BCUT2D eigenvalue weighted by atomic mass is 10.1. The quantitative estimate of drug-likeness (QED) is 0.816. The van der Waals surface area contributed by atoms with Gasteiger partial charge in [-0.3, -0.25) is 4.98 Å². The Morgan fingerprint density at radius 2 is 2.12 bits per heavy atom. The Balaban J connectivity index is 2.31. The molecule has 88 valence electrons. The van der Waals surface area contributed by atoms with Crippen LogP contribution >= 0.6 is 0 Å². The molecule has 0 radical (unpaired) electrons. The zero-order valence-corrected chi connectivity index (χ0v) is 10.0. The molecule has 2 amide bonds. The van der Waals surface area contributed by atoms with E-state index in [1.807, 2.05) is 25.1 Å². The van der Waals surface area contributed by atoms with Crippen LogP contribution in [0.1, 0.15) is 26.5 Å². The van der Waals surface area contributed by atoms with Crippen molar-refractivity contribution in [3.63, 3.8) is 0 Å². The van der Waals surface area contributed by atoms with Crippen molar-refractivity contribution in [1.82, 2.24) is 15.6 Å². The van der Waals surface area contributed by atoms with Gasteiger partial charge in [0.1, 0.15) is 0 Å². The SMILES string of the molecule is CC(C)[C@@H](C)NC(=O)NCc1ccccn1. The van der Waals surface area contributed by atoms with Gasteiger partial charge in [0.15, 0.2) is 0 Å². The van der Waals surface area contributed by atoms with Gasteiger partial charge in [0.2, 0.25) is 0 Å². The minimum atomic E-state index is -0.146. The second kappa shape index (κ2) is 6.10. The van der Waals surface area contributed by atoms with E-state index in [1.165, 1.54) is 0 Å². The number of hydrogen-bond donors (Lipinski definition) is 2. The molecule has 1 aromatic rings. The third-order valence-electron chi connectivity index (χ3n) is 2.51. The molecule has 0 fully saturated rings. The van der Waals surface area contributed by atoms with Crippen molar-refractivity contribution in [3.05, 3.63) is 30.1 Å². The van der Waals surface area contributed by atoms with Gasteiger partial charge in [-0.05, 0) is 25.0 Å². The molecule has 0 saturated heterocycles. The Kier molecular flexibility index (Phi) is 4.76. The molecule has 4 nitrogen and oxygen atoms in total. The van der Waals surface area contributed by atoms with E-state index >= 15 is 0 Å². The number of amides is 2. The van der Waals surface area contributed by atoms with E-state index in [2.05, 4.69) is 29.5 Å². The van der Waals surface area contributed by atoms with Gasteiger partial charge in [-0.1, -0.05) is 19.9 Å². The average Bonchev–Trinajstić information content (AvgIpc) is 2.27. The molecule has 1 aromatic heterocycles. The van der Waals surface area contributed by atoms with E-state index in [9.17, 15) is 4.79 Å². The fraction of sp³-hybridized carbons (Fsp3) is 0.500. The monoisotopic (exact) mass is 221 g/mol. The van der Waals surface area contributed by atoms with Gasteiger partial charge in [0.05, 0.1) is 12.2 Å². The predicted molar refractivity (Wildman–Crippen MR) is 63.9 cm³/mol. The smallest absolute Gasteiger partial charge is 0.315 e. The van der Waals surface area contributed by atoms with Gasteiger partial charge in [0.25, 0.3) is 0 Å². The van der Waals surface area contributed by atoms with Gasteiger partial charge < -0.3 is 10.6 Å². The normalized spacial score (nSPS) is 12.2. The molecule has 0 aromatic carbocycles. The van der Waals surface area contributed by atoms with E-state index < -0.39 is 0 Å². The fourth-order valence-corrected chi connectivity index (χ4v) is 1.10. The van der Waals surface area contributed by atoms with Crippen LogP contribution in [0.25, 0.3) is 0 Å². The van der Waals surface area contributed by atoms with Gasteiger partial charge in [-0.25, -0.2) is 4.79 Å². The molecule has 0 aliphatic heterocycles. The van der Waals surface area contributed by atoms with E-state index in [0.29, 0.717) is 12.5 Å². The zero-order chi connectivity index (χ0) is 12.0. The first-order valence-corrected chi connectivity index (χ1v) is 5.54. The second-order valence-corrected chi connectivity index (χ2v) is 4.18. The van der Waals surface area contributed by atoms with Crippen LogP contribution in [0, 0.1) is 5.92 Å². The van der Waals surface area contributed by atoms with Crippen LogP contribution in [0.15, 0.2) is 24.4 Å². The van der Waals surface area contributed by atoms with E-state index in [1.54, 1.807) is 6.20 Å². The molecule has 1 heterocycles. The summed E-state index contributed by atoms with van der Waals surface area (Å²) in [6, 6.07) is 5.66. The number of nitrogens with zero attached hydrogens (tertiary/aromatic N) is 1. The molecular weight excluding hydrogens is 202 g/mol. The summed E-state index contributed by atoms with van der Waals surface area (Å²) >= 11 is 0. The van der Waals surface area contributed by atoms with Crippen molar-refractivity contribution in [1.29, 1.82) is 0 Å². The summed E-state index contributed by atoms with van der Waals surface area (Å²) in [7, 11) is 0. The molecule has 0 saturated carbocycles. The minimum absolute atomic E-state index is 0.146. The first-order valence-electron chi connectivity index (χ1n) is 5.54. The number of nitrogens with one attached hydrogen (secondary N) is 2. The third kappa shape index (κ3) is 4.29. The highest BCUT2D eigenvalue weighted by molar-refractivity contribution is 5.74. The summed E-state index contributed by atoms with van der Waals surface area (Å²) in [5, 5.41) is 5.64. The Bertz CT molecular complexity index is 324. The van der Waals surface area contributed by atoms with E-state index in [0.717, 1.165) is 5.69 Å². The maximum atomic E-state index is 11.5. The lowest BCUT2D eigenvalue weighted by Crippen LogP contribution is -2.42. The first-order chi connectivity index (χ1) is 7.59. The number of aromatic nitrogens is 1. The van der Waals surface area contributed by atoms with Gasteiger partial charge in [-0.15, -0.1) is 0 Å². The van der Waals surface area contributed by atoms with E-state index in [-0.39, 0.29) is 12.1 Å². The minimum Gasteiger partial charge on any atom is -0.335 e. The predicted octanol–water partition coefficient (Wildman–Crippen LogP) is 1.93. The van der Waals surface area contributed by atoms with Crippen LogP contribution in [0.4, 0.5) is 4.79 Å². The highest BCUT2D eigenvalue weighted by atomic mass is 16.2. The summed E-state index contributed by atoms with van der Waals surface area (Å²) in [4.78, 5) is 15.6. The van der Waals surface area contributed by atoms with Crippen molar-refractivity contribution in [2.45, 2.75) is 33.4 Å². The first kappa shape index (κ1) is 12.5. The number of carbonyl (C=O) groups is 1. The van der Waals surface area contributed by atoms with Gasteiger partial charge >= 0.3 is 6.03 Å². The molecule has 0 bridgehead atoms. The van der Waals surface area contributed by atoms with Crippen LogP contribution < -0.4 is 10.6 Å². The lowest BCUT2D eigenvalue weighted by molar-refractivity contribution is 0.234. The van der Waals surface area contributed by atoms with Crippen molar-refractivity contribution >= 4 is 6.03 Å². The Morgan fingerprint density at radius 1 is 1.38 bits per heavy atom. The average molecular weight is 221 g/mol. The highest BCUT2D eigenvalue weighted by Gasteiger charge is 2.09. The van der Waals surface area contributed by atoms with Crippen LogP contribution in [0.3, 0.4) is 0 Å². The van der Waals surface area contributed by atoms with Crippen molar-refractivity contribution in [2.75, 3.05) is 0 Å². The maximum absolute atomic E-state index is 11.5. The molecule has 0 aliphatic carbocycles. The number of carbonyl (C=O) groups excluding carboxylic acids is 1. The molecule has 0 unspecified atom stereocenters. The molecule has 4 heteroatoms. The van der Waals surface area contributed by atoms with Crippen molar-refractivity contribution in [2.24, 2.45) is 5.92 Å². The van der Waals surface area contributed by atoms with Crippen LogP contribution in [0.5, 0.6) is 0 Å². The van der Waals surface area contributed by atoms with Crippen molar-refractivity contribution < 1.29 is 4.79 Å². The molecule has 16 heavy (non-hydrogen) atoms. The topological polar surface area (TPSA) is 54.0 Å². The molecule has 0 spiro atoms. The standard InChI is InChI=1S/C12H19N3O/c1-9(2)10(3)15-12(16)14-8-11-6-4-5-7-13-11/h4-7,9-10H,8H2,1-3H3,(H2,14,15,16)/t10-/m1/s1. The highest BCUT2D eigenvalue weighted by Crippen LogP contribution is 1.99. The zero-order valence-electron chi connectivity index (χ0n) is 10.0. The maximum Gasteiger partial charge on any atom is 0.315 e. The molecule has 0 aliphatic rings. The number of hydrogen-bond acceptors (Lipinski definition) is 2. The fourth-order valence-electron chi connectivity index (χ4n) is 1.10. The molecular formula is C12H19N3O. The lowest BCUT2D eigenvalue weighted by Gasteiger charge is -2.17. The Labute approximate surface area is 96.5 Å².